The minimum Gasteiger partial charge on any atom is -0.483 e. The van der Waals surface area contributed by atoms with E-state index in [0.29, 0.717) is 0 Å². The van der Waals surface area contributed by atoms with Crippen LogP contribution in [0.2, 0.25) is 0 Å². The van der Waals surface area contributed by atoms with Crippen LogP contribution in [-0.4, -0.2) is 17.5 Å². The van der Waals surface area contributed by atoms with Crippen LogP contribution >= 0.6 is 11.3 Å². The van der Waals surface area contributed by atoms with Gasteiger partial charge >= 0.3 is 0 Å². The number of hydrogen-bond acceptors (Lipinski definition) is 4. The third-order valence-electron chi connectivity index (χ3n) is 5.38. The van der Waals surface area contributed by atoms with Gasteiger partial charge in [0, 0.05) is 21.7 Å². The van der Waals surface area contributed by atoms with E-state index in [1.165, 1.54) is 0 Å². The Morgan fingerprint density at radius 1 is 0.938 bits per heavy atom. The summed E-state index contributed by atoms with van der Waals surface area (Å²) in [6.07, 6.45) is 0. The van der Waals surface area contributed by atoms with Crippen molar-refractivity contribution < 1.29 is 9.53 Å². The molecule has 0 bridgehead atoms. The molecule has 1 amide bonds. The molecule has 4 rings (SSSR count). The van der Waals surface area contributed by atoms with Crippen molar-refractivity contribution in [1.29, 1.82) is 0 Å². The lowest BCUT2D eigenvalue weighted by molar-refractivity contribution is -0.118. The quantitative estimate of drug-likeness (QED) is 0.360. The number of nitrogens with zero attached hydrogens (tertiary/aromatic N) is 1. The second-order valence-electron chi connectivity index (χ2n) is 7.91. The number of benzene rings is 3. The Balaban J connectivity index is 1.41. The van der Waals surface area contributed by atoms with Crippen molar-refractivity contribution in [2.24, 2.45) is 0 Å². The number of amides is 1. The molecule has 4 nitrogen and oxygen atoms in total. The van der Waals surface area contributed by atoms with Crippen LogP contribution in [0.4, 0.5) is 5.69 Å². The van der Waals surface area contributed by atoms with E-state index in [9.17, 15) is 4.79 Å². The van der Waals surface area contributed by atoms with Crippen molar-refractivity contribution in [2.45, 2.75) is 27.7 Å². The van der Waals surface area contributed by atoms with Crippen molar-refractivity contribution in [3.63, 3.8) is 0 Å². The zero-order valence-electron chi connectivity index (χ0n) is 18.7. The van der Waals surface area contributed by atoms with Crippen molar-refractivity contribution in [1.82, 2.24) is 4.98 Å². The Morgan fingerprint density at radius 3 is 2.38 bits per heavy atom. The molecular formula is C27H26N2O2S. The summed E-state index contributed by atoms with van der Waals surface area (Å²) in [4.78, 5) is 18.4. The monoisotopic (exact) mass is 442 g/mol. The molecule has 1 heterocycles. The Kier molecular flexibility index (Phi) is 6.37. The largest absolute Gasteiger partial charge is 0.483 e. The van der Waals surface area contributed by atoms with Crippen molar-refractivity contribution >= 4 is 22.9 Å². The van der Waals surface area contributed by atoms with Crippen LogP contribution in [0, 0.1) is 27.7 Å². The van der Waals surface area contributed by atoms with Crippen LogP contribution in [0.25, 0.3) is 21.8 Å². The van der Waals surface area contributed by atoms with E-state index < -0.39 is 0 Å². The number of nitrogens with one attached hydrogen (secondary N) is 1. The first-order valence-electron chi connectivity index (χ1n) is 10.5. The van der Waals surface area contributed by atoms with Gasteiger partial charge in [0.25, 0.3) is 5.91 Å². The molecule has 1 aromatic heterocycles. The molecule has 0 aliphatic heterocycles. The van der Waals surface area contributed by atoms with Crippen LogP contribution in [0.3, 0.4) is 0 Å². The first kappa shape index (κ1) is 21.8. The van der Waals surface area contributed by atoms with E-state index in [-0.39, 0.29) is 12.5 Å². The van der Waals surface area contributed by atoms with E-state index in [4.69, 9.17) is 9.72 Å². The van der Waals surface area contributed by atoms with Crippen LogP contribution in [0.15, 0.2) is 66.7 Å². The normalized spacial score (nSPS) is 10.8. The van der Waals surface area contributed by atoms with Gasteiger partial charge in [-0.3, -0.25) is 4.79 Å². The highest BCUT2D eigenvalue weighted by Crippen LogP contribution is 2.33. The van der Waals surface area contributed by atoms with Gasteiger partial charge in [-0.1, -0.05) is 48.5 Å². The van der Waals surface area contributed by atoms with Crippen molar-refractivity contribution in [2.75, 3.05) is 11.9 Å². The Morgan fingerprint density at radius 2 is 1.66 bits per heavy atom. The number of aromatic nitrogens is 1. The fourth-order valence-electron chi connectivity index (χ4n) is 3.57. The molecule has 0 radical (unpaired) electrons. The zero-order chi connectivity index (χ0) is 22.7. The lowest BCUT2D eigenvalue weighted by atomic mass is 10.1. The number of carbonyl (C=O) groups excluding carboxylic acids is 1. The van der Waals surface area contributed by atoms with Gasteiger partial charge < -0.3 is 10.1 Å². The third-order valence-corrected chi connectivity index (χ3v) is 6.40. The van der Waals surface area contributed by atoms with E-state index in [2.05, 4.69) is 30.4 Å². The fourth-order valence-corrected chi connectivity index (χ4v) is 4.51. The fraction of sp³-hybridized carbons (Fsp3) is 0.185. The first-order chi connectivity index (χ1) is 15.4. The number of rotatable bonds is 6. The number of aryl methyl sites for hydroxylation is 3. The summed E-state index contributed by atoms with van der Waals surface area (Å²) < 4.78 is 5.77. The molecule has 0 saturated heterocycles. The standard InChI is InChI=1S/C27H26N2O2S/c1-17-14-18(2)19(3)24(15-17)31-16-25(30)28-23-12-10-21(11-13-23)26-20(4)32-27(29-26)22-8-6-5-7-9-22/h5-15H,16H2,1-4H3,(H,28,30). The highest BCUT2D eigenvalue weighted by Gasteiger charge is 2.12. The Bertz CT molecular complexity index is 1240. The zero-order valence-corrected chi connectivity index (χ0v) is 19.5. The molecule has 0 fully saturated rings. The summed E-state index contributed by atoms with van der Waals surface area (Å²) in [7, 11) is 0. The van der Waals surface area contributed by atoms with Gasteiger partial charge in [-0.25, -0.2) is 4.98 Å². The molecule has 0 atom stereocenters. The molecule has 1 N–H and O–H groups in total. The average molecular weight is 443 g/mol. The van der Waals surface area contributed by atoms with Crippen molar-refractivity contribution in [3.05, 3.63) is 88.3 Å². The number of carbonyl (C=O) groups is 1. The van der Waals surface area contributed by atoms with E-state index >= 15 is 0 Å². The maximum atomic E-state index is 12.4. The predicted molar refractivity (Wildman–Crippen MR) is 133 cm³/mol. The van der Waals surface area contributed by atoms with Gasteiger partial charge in [0.15, 0.2) is 6.61 Å². The molecule has 0 aliphatic carbocycles. The highest BCUT2D eigenvalue weighted by molar-refractivity contribution is 7.15. The third kappa shape index (κ3) is 4.89. The SMILES string of the molecule is Cc1cc(C)c(C)c(OCC(=O)Nc2ccc(-c3nc(-c4ccccc4)sc3C)cc2)c1. The number of ether oxygens (including phenoxy) is 1. The van der Waals surface area contributed by atoms with E-state index in [1.54, 1.807) is 11.3 Å². The summed E-state index contributed by atoms with van der Waals surface area (Å²) in [6, 6.07) is 22.0. The van der Waals surface area contributed by atoms with Crippen molar-refractivity contribution in [3.8, 4) is 27.6 Å². The molecule has 32 heavy (non-hydrogen) atoms. The van der Waals surface area contributed by atoms with Gasteiger partial charge in [-0.15, -0.1) is 11.3 Å². The van der Waals surface area contributed by atoms with Gasteiger partial charge in [-0.05, 0) is 62.6 Å². The smallest absolute Gasteiger partial charge is 0.262 e. The summed E-state index contributed by atoms with van der Waals surface area (Å²) in [5, 5.41) is 3.91. The first-order valence-corrected chi connectivity index (χ1v) is 11.4. The van der Waals surface area contributed by atoms with E-state index in [1.807, 2.05) is 69.3 Å². The van der Waals surface area contributed by atoms with Gasteiger partial charge in [0.05, 0.1) is 5.69 Å². The molecule has 0 aliphatic rings. The summed E-state index contributed by atoms with van der Waals surface area (Å²) in [5.74, 6) is 0.564. The maximum absolute atomic E-state index is 12.4. The van der Waals surface area contributed by atoms with E-state index in [0.717, 1.165) is 54.8 Å². The second-order valence-corrected chi connectivity index (χ2v) is 9.11. The predicted octanol–water partition coefficient (Wildman–Crippen LogP) is 6.73. The topological polar surface area (TPSA) is 51.2 Å². The molecule has 0 saturated carbocycles. The Labute approximate surface area is 192 Å². The van der Waals surface area contributed by atoms with Gasteiger partial charge in [0.1, 0.15) is 10.8 Å². The second kappa shape index (κ2) is 9.37. The van der Waals surface area contributed by atoms with Crippen LogP contribution in [0.1, 0.15) is 21.6 Å². The molecule has 4 aromatic rings. The lowest BCUT2D eigenvalue weighted by Crippen LogP contribution is -2.20. The molecule has 162 valence electrons. The molecular weight excluding hydrogens is 416 g/mol. The molecule has 0 unspecified atom stereocenters. The van der Waals surface area contributed by atoms with Crippen LogP contribution in [-0.2, 0) is 4.79 Å². The van der Waals surface area contributed by atoms with Crippen LogP contribution in [0.5, 0.6) is 5.75 Å². The molecule has 0 spiro atoms. The maximum Gasteiger partial charge on any atom is 0.262 e. The average Bonchev–Trinajstić information content (AvgIpc) is 3.18. The summed E-state index contributed by atoms with van der Waals surface area (Å²) in [6.45, 7) is 8.13. The summed E-state index contributed by atoms with van der Waals surface area (Å²) in [5.41, 5.74) is 7.18. The number of thiazole rings is 1. The highest BCUT2D eigenvalue weighted by atomic mass is 32.1. The minimum absolute atomic E-state index is 0.0306. The molecule has 5 heteroatoms. The number of anilines is 1. The summed E-state index contributed by atoms with van der Waals surface area (Å²) >= 11 is 1.69. The lowest BCUT2D eigenvalue weighted by Gasteiger charge is -2.12. The Hall–Kier alpha value is -3.44. The van der Waals surface area contributed by atoms with Gasteiger partial charge in [-0.2, -0.15) is 0 Å². The van der Waals surface area contributed by atoms with Gasteiger partial charge in [0.2, 0.25) is 0 Å². The minimum atomic E-state index is -0.187. The number of hydrogen-bond donors (Lipinski definition) is 1. The molecule has 3 aromatic carbocycles. The van der Waals surface area contributed by atoms with Crippen LogP contribution < -0.4 is 10.1 Å².